The van der Waals surface area contributed by atoms with Crippen LogP contribution in [0.3, 0.4) is 0 Å². The van der Waals surface area contributed by atoms with Crippen LogP contribution in [0.15, 0.2) is 53.9 Å². The lowest BCUT2D eigenvalue weighted by molar-refractivity contribution is -0.135. The van der Waals surface area contributed by atoms with Crippen molar-refractivity contribution in [3.05, 3.63) is 75.7 Å². The Bertz CT molecular complexity index is 1310. The Morgan fingerprint density at radius 2 is 1.97 bits per heavy atom. The Morgan fingerprint density at radius 3 is 2.79 bits per heavy atom. The van der Waals surface area contributed by atoms with Crippen LogP contribution < -0.4 is 14.2 Å². The van der Waals surface area contributed by atoms with E-state index in [-0.39, 0.29) is 43.6 Å². The van der Waals surface area contributed by atoms with E-state index >= 15 is 0 Å². The van der Waals surface area contributed by atoms with Gasteiger partial charge in [-0.05, 0) is 66.1 Å². The van der Waals surface area contributed by atoms with Crippen LogP contribution in [0.1, 0.15) is 47.1 Å². The first-order valence-corrected chi connectivity index (χ1v) is 13.7. The highest BCUT2D eigenvalue weighted by atomic mass is 32.1. The second kappa shape index (κ2) is 11.4. The molecule has 0 N–H and O–H groups in total. The molecule has 2 aliphatic heterocycles. The number of carbonyl (C=O) groups is 2. The molecule has 2 aromatic carbocycles. The van der Waals surface area contributed by atoms with Crippen LogP contribution in [0.5, 0.6) is 17.2 Å². The van der Waals surface area contributed by atoms with Gasteiger partial charge in [0.1, 0.15) is 13.2 Å². The maximum atomic E-state index is 14.2. The van der Waals surface area contributed by atoms with Gasteiger partial charge in [0, 0.05) is 23.5 Å². The number of ether oxygens (including phenoxy) is 3. The van der Waals surface area contributed by atoms with Crippen LogP contribution in [-0.4, -0.2) is 54.6 Å². The minimum absolute atomic E-state index is 0.0599. The van der Waals surface area contributed by atoms with Gasteiger partial charge in [0.15, 0.2) is 23.1 Å². The fraction of sp³-hybridized carbons (Fsp3) is 0.379. The van der Waals surface area contributed by atoms with Crippen molar-refractivity contribution in [2.45, 2.75) is 32.7 Å². The highest BCUT2D eigenvalue weighted by Gasteiger charge is 2.34. The zero-order chi connectivity index (χ0) is 26.6. The maximum absolute atomic E-state index is 14.2. The summed E-state index contributed by atoms with van der Waals surface area (Å²) < 4.78 is 30.9. The quantitative estimate of drug-likeness (QED) is 0.370. The topological polar surface area (TPSA) is 68.3 Å². The van der Waals surface area contributed by atoms with Gasteiger partial charge in [0.25, 0.3) is 5.91 Å². The monoisotopic (exact) mass is 538 g/mol. The van der Waals surface area contributed by atoms with Crippen molar-refractivity contribution in [1.82, 2.24) is 9.80 Å². The molecule has 0 spiro atoms. The number of hydrogen-bond acceptors (Lipinski definition) is 6. The molecular formula is C29H31FN2O5S. The molecule has 0 radical (unpaired) electrons. The Labute approximate surface area is 225 Å². The Kier molecular flexibility index (Phi) is 7.83. The first-order valence-electron chi connectivity index (χ1n) is 12.8. The summed E-state index contributed by atoms with van der Waals surface area (Å²) in [6.07, 6.45) is 1.50. The zero-order valence-corrected chi connectivity index (χ0v) is 22.3. The molecule has 1 aromatic heterocycles. The Morgan fingerprint density at radius 1 is 1.16 bits per heavy atom. The molecule has 2 amide bonds. The number of amides is 2. The van der Waals surface area contributed by atoms with Gasteiger partial charge < -0.3 is 24.0 Å². The number of nitrogens with zero attached hydrogens (tertiary/aromatic N) is 2. The molecule has 3 heterocycles. The van der Waals surface area contributed by atoms with Crippen LogP contribution >= 0.6 is 11.3 Å². The number of halogens is 1. The average Bonchev–Trinajstić information content (AvgIpc) is 3.59. The number of hydrogen-bond donors (Lipinski definition) is 0. The van der Waals surface area contributed by atoms with Crippen LogP contribution in [0, 0.1) is 11.7 Å². The van der Waals surface area contributed by atoms with Crippen LogP contribution in [0.2, 0.25) is 0 Å². The molecule has 0 fully saturated rings. The SMILES string of the molecule is CC(C)CCN(CC(=O)N1CCc2sccc2[C@@H]1COc1ccccc1F)C(=O)c1ccc2c(c1)OCO2. The van der Waals surface area contributed by atoms with Crippen molar-refractivity contribution in [2.75, 3.05) is 33.0 Å². The third-order valence-corrected chi connectivity index (χ3v) is 7.85. The molecule has 0 saturated carbocycles. The number of rotatable bonds is 9. The number of carbonyl (C=O) groups excluding carboxylic acids is 2. The summed E-state index contributed by atoms with van der Waals surface area (Å²) in [4.78, 5) is 31.9. The van der Waals surface area contributed by atoms with E-state index in [1.165, 1.54) is 10.9 Å². The Balaban J connectivity index is 1.35. The van der Waals surface area contributed by atoms with E-state index in [9.17, 15) is 14.0 Å². The second-order valence-electron chi connectivity index (χ2n) is 9.87. The van der Waals surface area contributed by atoms with Gasteiger partial charge >= 0.3 is 0 Å². The fourth-order valence-corrected chi connectivity index (χ4v) is 5.67. The molecule has 0 saturated heterocycles. The molecule has 9 heteroatoms. The molecule has 5 rings (SSSR count). The van der Waals surface area contributed by atoms with Gasteiger partial charge in [-0.3, -0.25) is 9.59 Å². The predicted octanol–water partition coefficient (Wildman–Crippen LogP) is 5.31. The van der Waals surface area contributed by atoms with Gasteiger partial charge in [-0.1, -0.05) is 26.0 Å². The van der Waals surface area contributed by atoms with E-state index in [1.54, 1.807) is 57.5 Å². The Hall–Kier alpha value is -3.59. The summed E-state index contributed by atoms with van der Waals surface area (Å²) in [5.41, 5.74) is 1.46. The van der Waals surface area contributed by atoms with E-state index in [1.807, 2.05) is 11.4 Å². The smallest absolute Gasteiger partial charge is 0.254 e. The number of fused-ring (bicyclic) bond motifs is 2. The molecule has 0 bridgehead atoms. The molecular weight excluding hydrogens is 507 g/mol. The first kappa shape index (κ1) is 26.0. The maximum Gasteiger partial charge on any atom is 0.254 e. The number of para-hydroxylation sites is 1. The molecule has 38 heavy (non-hydrogen) atoms. The highest BCUT2D eigenvalue weighted by Crippen LogP contribution is 2.35. The summed E-state index contributed by atoms with van der Waals surface area (Å²) in [7, 11) is 0. The lowest BCUT2D eigenvalue weighted by atomic mass is 10.00. The first-order chi connectivity index (χ1) is 18.4. The largest absolute Gasteiger partial charge is 0.488 e. The van der Waals surface area contributed by atoms with Gasteiger partial charge in [0.2, 0.25) is 12.7 Å². The third kappa shape index (κ3) is 5.62. The molecule has 0 aliphatic carbocycles. The van der Waals surface area contributed by atoms with Gasteiger partial charge in [-0.15, -0.1) is 11.3 Å². The van der Waals surface area contributed by atoms with Gasteiger partial charge in [-0.2, -0.15) is 0 Å². The molecule has 0 unspecified atom stereocenters. The molecule has 200 valence electrons. The predicted molar refractivity (Wildman–Crippen MR) is 142 cm³/mol. The summed E-state index contributed by atoms with van der Waals surface area (Å²) >= 11 is 1.65. The van der Waals surface area contributed by atoms with Crippen LogP contribution in [0.25, 0.3) is 0 Å². The summed E-state index contributed by atoms with van der Waals surface area (Å²) in [6.45, 7) is 5.32. The highest BCUT2D eigenvalue weighted by molar-refractivity contribution is 7.10. The molecule has 2 aliphatic rings. The standard InChI is InChI=1S/C29H31FN2O5S/c1-19(2)9-12-31(29(34)20-7-8-25-26(15-20)37-18-36-25)16-28(33)32-13-10-27-21(11-14-38-27)23(32)17-35-24-6-4-3-5-22(24)30/h3-8,11,14-15,19,23H,9-10,12-13,16-18H2,1-2H3/t23-/m0/s1. The van der Waals surface area contributed by atoms with E-state index in [0.717, 1.165) is 18.4 Å². The minimum atomic E-state index is -0.444. The lowest BCUT2D eigenvalue weighted by Gasteiger charge is -2.37. The van der Waals surface area contributed by atoms with Crippen molar-refractivity contribution in [3.63, 3.8) is 0 Å². The minimum Gasteiger partial charge on any atom is -0.488 e. The van der Waals surface area contributed by atoms with Crippen molar-refractivity contribution in [1.29, 1.82) is 0 Å². The normalized spacial score (nSPS) is 15.9. The molecule has 3 aromatic rings. The summed E-state index contributed by atoms with van der Waals surface area (Å²) in [5, 5.41) is 2.01. The zero-order valence-electron chi connectivity index (χ0n) is 21.5. The van der Waals surface area contributed by atoms with Gasteiger partial charge in [-0.25, -0.2) is 4.39 Å². The van der Waals surface area contributed by atoms with E-state index < -0.39 is 5.82 Å². The van der Waals surface area contributed by atoms with Crippen molar-refractivity contribution >= 4 is 23.2 Å². The van der Waals surface area contributed by atoms with E-state index in [2.05, 4.69) is 13.8 Å². The van der Waals surface area contributed by atoms with Crippen LogP contribution in [0.4, 0.5) is 4.39 Å². The molecule has 1 atom stereocenters. The second-order valence-corrected chi connectivity index (χ2v) is 10.9. The van der Waals surface area contributed by atoms with E-state index in [0.29, 0.717) is 36.1 Å². The summed E-state index contributed by atoms with van der Waals surface area (Å²) in [5.74, 6) is 0.801. The number of benzene rings is 2. The fourth-order valence-electron chi connectivity index (χ4n) is 4.74. The van der Waals surface area contributed by atoms with Crippen LogP contribution in [-0.2, 0) is 11.2 Å². The third-order valence-electron chi connectivity index (χ3n) is 6.86. The van der Waals surface area contributed by atoms with E-state index in [4.69, 9.17) is 14.2 Å². The molecule has 7 nitrogen and oxygen atoms in total. The lowest BCUT2D eigenvalue weighted by Crippen LogP contribution is -2.48. The van der Waals surface area contributed by atoms with Gasteiger partial charge in [0.05, 0.1) is 6.04 Å². The average molecular weight is 539 g/mol. The summed E-state index contributed by atoms with van der Waals surface area (Å²) in [6, 6.07) is 13.0. The van der Waals surface area contributed by atoms with Crippen molar-refractivity contribution in [2.24, 2.45) is 5.92 Å². The van der Waals surface area contributed by atoms with Crippen molar-refractivity contribution in [3.8, 4) is 17.2 Å². The number of thiophene rings is 1. The van der Waals surface area contributed by atoms with Crippen molar-refractivity contribution < 1.29 is 28.2 Å².